The van der Waals surface area contributed by atoms with E-state index < -0.39 is 11.8 Å². The van der Waals surface area contributed by atoms with E-state index >= 15 is 0 Å². The number of amides is 2. The van der Waals surface area contributed by atoms with Gasteiger partial charge >= 0.3 is 6.03 Å². The summed E-state index contributed by atoms with van der Waals surface area (Å²) in [6.45, 7) is 0.584. The zero-order chi connectivity index (χ0) is 11.8. The molecule has 88 valence electrons. The Morgan fingerprint density at radius 2 is 2.12 bits per heavy atom. The summed E-state index contributed by atoms with van der Waals surface area (Å²) in [6, 6.07) is 5.21. The lowest BCUT2D eigenvalue weighted by atomic mass is 10.3. The van der Waals surface area contributed by atoms with Gasteiger partial charge in [-0.25, -0.2) is 14.7 Å². The van der Waals surface area contributed by atoms with Crippen LogP contribution in [0.15, 0.2) is 24.3 Å². The molecule has 0 radical (unpaired) electrons. The van der Waals surface area contributed by atoms with E-state index in [-0.39, 0.29) is 12.3 Å². The van der Waals surface area contributed by atoms with E-state index in [1.54, 1.807) is 6.07 Å². The quantitative estimate of drug-likeness (QED) is 0.593. The van der Waals surface area contributed by atoms with E-state index in [1.807, 2.05) is 0 Å². The van der Waals surface area contributed by atoms with Crippen LogP contribution < -0.4 is 10.8 Å². The summed E-state index contributed by atoms with van der Waals surface area (Å²) >= 11 is 0. The topological polar surface area (TPSA) is 59.6 Å². The van der Waals surface area contributed by atoms with Gasteiger partial charge in [0.25, 0.3) is 0 Å². The molecular weight excluding hydrogens is 215 g/mol. The lowest BCUT2D eigenvalue weighted by Gasteiger charge is -2.07. The van der Waals surface area contributed by atoms with Crippen molar-refractivity contribution in [3.05, 3.63) is 30.1 Å². The van der Waals surface area contributed by atoms with Crippen LogP contribution in [-0.2, 0) is 9.57 Å². The highest BCUT2D eigenvalue weighted by molar-refractivity contribution is 5.88. The van der Waals surface area contributed by atoms with Gasteiger partial charge in [-0.3, -0.25) is 4.84 Å². The molecule has 5 nitrogen and oxygen atoms in total. The molecule has 0 saturated heterocycles. The Balaban J connectivity index is 2.32. The van der Waals surface area contributed by atoms with Crippen molar-refractivity contribution >= 4 is 11.7 Å². The number of rotatable bonds is 5. The highest BCUT2D eigenvalue weighted by Crippen LogP contribution is 2.11. The molecule has 1 rings (SSSR count). The molecule has 0 aliphatic carbocycles. The Labute approximate surface area is 92.5 Å². The molecule has 16 heavy (non-hydrogen) atoms. The van der Waals surface area contributed by atoms with Crippen LogP contribution in [-0.4, -0.2) is 26.4 Å². The molecule has 0 fully saturated rings. The lowest BCUT2D eigenvalue weighted by Crippen LogP contribution is -2.30. The number of ether oxygens (including phenoxy) is 1. The summed E-state index contributed by atoms with van der Waals surface area (Å²) in [6.07, 6.45) is 0. The minimum Gasteiger partial charge on any atom is -0.382 e. The zero-order valence-corrected chi connectivity index (χ0v) is 8.83. The predicted octanol–water partition coefficient (Wildman–Crippen LogP) is 1.53. The maximum Gasteiger partial charge on any atom is 0.343 e. The average Bonchev–Trinajstić information content (AvgIpc) is 2.28. The van der Waals surface area contributed by atoms with Gasteiger partial charge in [-0.15, -0.1) is 0 Å². The smallest absolute Gasteiger partial charge is 0.343 e. The molecule has 1 aromatic carbocycles. The van der Waals surface area contributed by atoms with Crippen molar-refractivity contribution in [2.24, 2.45) is 0 Å². The Morgan fingerprint density at radius 1 is 1.38 bits per heavy atom. The second-order valence-corrected chi connectivity index (χ2v) is 2.88. The van der Waals surface area contributed by atoms with Gasteiger partial charge in [0.2, 0.25) is 0 Å². The molecule has 0 aromatic heterocycles. The van der Waals surface area contributed by atoms with E-state index in [0.29, 0.717) is 6.61 Å². The van der Waals surface area contributed by atoms with Gasteiger partial charge in [-0.05, 0) is 12.1 Å². The first-order valence-corrected chi connectivity index (χ1v) is 4.66. The minimum absolute atomic E-state index is 0.0929. The number of carbonyl (C=O) groups is 1. The molecular formula is C10H13FN2O3. The monoisotopic (exact) mass is 228 g/mol. The molecule has 0 aliphatic heterocycles. The summed E-state index contributed by atoms with van der Waals surface area (Å²) in [4.78, 5) is 15.9. The van der Waals surface area contributed by atoms with Crippen LogP contribution in [0.2, 0.25) is 0 Å². The summed E-state index contributed by atoms with van der Waals surface area (Å²) in [7, 11) is 1.52. The SMILES string of the molecule is COCCONC(=O)Nc1ccccc1F. The van der Waals surface area contributed by atoms with Crippen LogP contribution in [0.4, 0.5) is 14.9 Å². The van der Waals surface area contributed by atoms with Gasteiger partial charge in [0, 0.05) is 7.11 Å². The van der Waals surface area contributed by atoms with Crippen molar-refractivity contribution < 1.29 is 18.8 Å². The van der Waals surface area contributed by atoms with Crippen LogP contribution in [0.25, 0.3) is 0 Å². The first-order chi connectivity index (χ1) is 7.74. The van der Waals surface area contributed by atoms with Crippen LogP contribution >= 0.6 is 0 Å². The molecule has 2 N–H and O–H groups in total. The standard InChI is InChI=1S/C10H13FN2O3/c1-15-6-7-16-13-10(14)12-9-5-3-2-4-8(9)11/h2-5H,6-7H2,1H3,(H2,12,13,14). The number of hydrogen-bond donors (Lipinski definition) is 2. The summed E-state index contributed by atoms with van der Waals surface area (Å²) in [5, 5.41) is 2.30. The predicted molar refractivity (Wildman–Crippen MR) is 56.4 cm³/mol. The van der Waals surface area contributed by atoms with Crippen molar-refractivity contribution in [1.82, 2.24) is 5.48 Å². The fourth-order valence-electron chi connectivity index (χ4n) is 0.952. The van der Waals surface area contributed by atoms with Crippen LogP contribution in [0.3, 0.4) is 0 Å². The first-order valence-electron chi connectivity index (χ1n) is 4.66. The normalized spacial score (nSPS) is 9.88. The van der Waals surface area contributed by atoms with Gasteiger partial charge in [-0.2, -0.15) is 0 Å². The molecule has 2 amide bonds. The maximum absolute atomic E-state index is 13.1. The molecule has 6 heteroatoms. The van der Waals surface area contributed by atoms with Gasteiger partial charge < -0.3 is 10.1 Å². The van der Waals surface area contributed by atoms with E-state index in [0.717, 1.165) is 0 Å². The van der Waals surface area contributed by atoms with Gasteiger partial charge in [0.05, 0.1) is 18.9 Å². The number of methoxy groups -OCH3 is 1. The number of halogens is 1. The van der Waals surface area contributed by atoms with Gasteiger partial charge in [0.1, 0.15) is 5.82 Å². The third-order valence-corrected chi connectivity index (χ3v) is 1.68. The molecule has 0 bridgehead atoms. The third-order valence-electron chi connectivity index (χ3n) is 1.68. The Morgan fingerprint density at radius 3 is 2.81 bits per heavy atom. The summed E-state index contributed by atoms with van der Waals surface area (Å²) < 4.78 is 17.8. The lowest BCUT2D eigenvalue weighted by molar-refractivity contribution is 0.0272. The second kappa shape index (κ2) is 6.76. The Bertz CT molecular complexity index is 347. The number of benzene rings is 1. The number of anilines is 1. The first kappa shape index (κ1) is 12.4. The van der Waals surface area contributed by atoms with Gasteiger partial charge in [0.15, 0.2) is 0 Å². The molecule has 0 saturated carbocycles. The van der Waals surface area contributed by atoms with Crippen molar-refractivity contribution in [2.45, 2.75) is 0 Å². The van der Waals surface area contributed by atoms with Gasteiger partial charge in [-0.1, -0.05) is 12.1 Å². The Hall–Kier alpha value is -1.66. The second-order valence-electron chi connectivity index (χ2n) is 2.88. The minimum atomic E-state index is -0.638. The van der Waals surface area contributed by atoms with E-state index in [9.17, 15) is 9.18 Å². The number of hydrogen-bond acceptors (Lipinski definition) is 3. The summed E-state index contributed by atoms with van der Waals surface area (Å²) in [5.74, 6) is -0.505. The van der Waals surface area contributed by atoms with Crippen molar-refractivity contribution in [3.8, 4) is 0 Å². The molecule has 0 unspecified atom stereocenters. The zero-order valence-electron chi connectivity index (χ0n) is 8.83. The summed E-state index contributed by atoms with van der Waals surface area (Å²) in [5.41, 5.74) is 2.19. The van der Waals surface area contributed by atoms with Crippen molar-refractivity contribution in [3.63, 3.8) is 0 Å². The third kappa shape index (κ3) is 4.24. The molecule has 0 atom stereocenters. The van der Waals surface area contributed by atoms with Crippen molar-refractivity contribution in [2.75, 3.05) is 25.6 Å². The average molecular weight is 228 g/mol. The molecule has 0 aliphatic rings. The molecule has 0 spiro atoms. The number of hydroxylamine groups is 1. The highest BCUT2D eigenvalue weighted by atomic mass is 19.1. The van der Waals surface area contributed by atoms with Crippen molar-refractivity contribution in [1.29, 1.82) is 0 Å². The van der Waals surface area contributed by atoms with Crippen LogP contribution in [0, 0.1) is 5.82 Å². The molecule has 0 heterocycles. The molecule has 1 aromatic rings. The number of urea groups is 1. The number of nitrogens with one attached hydrogen (secondary N) is 2. The largest absolute Gasteiger partial charge is 0.382 e. The van der Waals surface area contributed by atoms with E-state index in [4.69, 9.17) is 9.57 Å². The van der Waals surface area contributed by atoms with E-state index in [2.05, 4.69) is 10.8 Å². The fourth-order valence-corrected chi connectivity index (χ4v) is 0.952. The Kier molecular flexibility index (Phi) is 5.24. The van der Waals surface area contributed by atoms with E-state index in [1.165, 1.54) is 25.3 Å². The van der Waals surface area contributed by atoms with Crippen LogP contribution in [0.1, 0.15) is 0 Å². The fraction of sp³-hybridized carbons (Fsp3) is 0.300. The van der Waals surface area contributed by atoms with Crippen LogP contribution in [0.5, 0.6) is 0 Å². The highest BCUT2D eigenvalue weighted by Gasteiger charge is 2.04. The number of para-hydroxylation sites is 1. The maximum atomic E-state index is 13.1. The number of carbonyl (C=O) groups excluding carboxylic acids is 1.